The highest BCUT2D eigenvalue weighted by Crippen LogP contribution is 2.63. The van der Waals surface area contributed by atoms with E-state index in [1.165, 1.54) is 7.11 Å². The first-order valence-electron chi connectivity index (χ1n) is 8.49. The molecular weight excluding hydrogens is 322 g/mol. The Morgan fingerprint density at radius 3 is 2.36 bits per heavy atom. The van der Waals surface area contributed by atoms with Crippen LogP contribution in [0.3, 0.4) is 0 Å². The first kappa shape index (κ1) is 16.0. The number of carboxylic acids is 1. The fraction of sp³-hybridized carbons (Fsp3) is 0.474. The maximum absolute atomic E-state index is 13.0. The number of nitrogens with one attached hydrogen (secondary N) is 1. The molecule has 4 aliphatic rings. The summed E-state index contributed by atoms with van der Waals surface area (Å²) in [6.45, 7) is 0. The predicted octanol–water partition coefficient (Wildman–Crippen LogP) is 2.41. The zero-order chi connectivity index (χ0) is 17.7. The number of hydrogen-bond acceptors (Lipinski definition) is 4. The van der Waals surface area contributed by atoms with Gasteiger partial charge < -0.3 is 19.9 Å². The van der Waals surface area contributed by atoms with Crippen LogP contribution in [-0.2, 0) is 9.59 Å². The van der Waals surface area contributed by atoms with Gasteiger partial charge in [-0.3, -0.25) is 9.59 Å². The molecular formula is C19H21NO5. The first-order valence-corrected chi connectivity index (χ1v) is 8.49. The van der Waals surface area contributed by atoms with Crippen LogP contribution in [0, 0.1) is 35.5 Å². The van der Waals surface area contributed by atoms with Gasteiger partial charge in [0.2, 0.25) is 5.91 Å². The van der Waals surface area contributed by atoms with Crippen LogP contribution in [0.25, 0.3) is 0 Å². The molecule has 0 radical (unpaired) electrons. The fourth-order valence-electron chi connectivity index (χ4n) is 4.70. The Morgan fingerprint density at radius 1 is 1.08 bits per heavy atom. The number of carboxylic acid groups (broad SMARTS) is 1. The molecule has 4 aliphatic carbocycles. The average molecular weight is 343 g/mol. The van der Waals surface area contributed by atoms with Crippen LogP contribution in [-0.4, -0.2) is 31.2 Å². The van der Waals surface area contributed by atoms with Gasteiger partial charge in [0.15, 0.2) is 0 Å². The smallest absolute Gasteiger partial charge is 0.307 e. The summed E-state index contributed by atoms with van der Waals surface area (Å²) in [7, 11) is 3.07. The highest BCUT2D eigenvalue weighted by Gasteiger charge is 2.63. The lowest BCUT2D eigenvalue weighted by molar-refractivity contribution is -0.152. The zero-order valence-corrected chi connectivity index (χ0v) is 14.1. The molecule has 2 N–H and O–H groups in total. The van der Waals surface area contributed by atoms with Crippen molar-refractivity contribution in [3.05, 3.63) is 30.4 Å². The summed E-state index contributed by atoms with van der Waals surface area (Å²) in [5.41, 5.74) is 0.494. The molecule has 132 valence electrons. The standard InChI is InChI=1S/C19H21NO5/c1-24-9-3-6-15(25-2)14(7-9)20-18(21)16-10-4-5-11(13-8-12(10)13)17(16)19(22)23/h3-7,10-13,16-17H,8H2,1-2H3,(H,20,21)(H,22,23)/t10-,11-,12-,13-,16+,17+/m1/s1. The van der Waals surface area contributed by atoms with E-state index in [0.717, 1.165) is 6.42 Å². The number of methoxy groups -OCH3 is 2. The maximum Gasteiger partial charge on any atom is 0.307 e. The Hall–Kier alpha value is -2.50. The van der Waals surface area contributed by atoms with E-state index in [4.69, 9.17) is 9.47 Å². The molecule has 25 heavy (non-hydrogen) atoms. The summed E-state index contributed by atoms with van der Waals surface area (Å²) >= 11 is 0. The van der Waals surface area contributed by atoms with Crippen molar-refractivity contribution in [1.82, 2.24) is 0 Å². The summed E-state index contributed by atoms with van der Waals surface area (Å²) < 4.78 is 10.5. The lowest BCUT2D eigenvalue weighted by Gasteiger charge is -2.41. The van der Waals surface area contributed by atoms with Crippen LogP contribution >= 0.6 is 0 Å². The molecule has 0 unspecified atom stereocenters. The molecule has 6 heteroatoms. The van der Waals surface area contributed by atoms with Crippen LogP contribution in [0.15, 0.2) is 30.4 Å². The molecule has 1 aromatic carbocycles. The van der Waals surface area contributed by atoms with E-state index < -0.39 is 17.8 Å². The Bertz CT molecular complexity index is 758. The van der Waals surface area contributed by atoms with Gasteiger partial charge in [-0.25, -0.2) is 0 Å². The van der Waals surface area contributed by atoms with Gasteiger partial charge in [-0.1, -0.05) is 12.2 Å². The highest BCUT2D eigenvalue weighted by molar-refractivity contribution is 5.97. The van der Waals surface area contributed by atoms with E-state index in [2.05, 4.69) is 5.32 Å². The number of amides is 1. The number of anilines is 1. The number of ether oxygens (including phenoxy) is 2. The number of carbonyl (C=O) groups excluding carboxylic acids is 1. The van der Waals surface area contributed by atoms with Crippen LogP contribution in [0.5, 0.6) is 11.5 Å². The molecule has 0 spiro atoms. The number of carbonyl (C=O) groups is 2. The molecule has 0 heterocycles. The number of fused-ring (bicyclic) bond motifs is 1. The van der Waals surface area contributed by atoms with Crippen LogP contribution < -0.4 is 14.8 Å². The molecule has 6 nitrogen and oxygen atoms in total. The Labute approximate surface area is 145 Å². The molecule has 6 atom stereocenters. The first-order chi connectivity index (χ1) is 12.0. The van der Waals surface area contributed by atoms with Gasteiger partial charge in [0, 0.05) is 6.07 Å². The summed E-state index contributed by atoms with van der Waals surface area (Å²) in [6.07, 6.45) is 5.08. The fourth-order valence-corrected chi connectivity index (χ4v) is 4.70. The van der Waals surface area contributed by atoms with Gasteiger partial charge in [0.25, 0.3) is 0 Å². The minimum atomic E-state index is -0.887. The van der Waals surface area contributed by atoms with Gasteiger partial charge in [0.05, 0.1) is 31.7 Å². The van der Waals surface area contributed by atoms with Crippen molar-refractivity contribution < 1.29 is 24.2 Å². The summed E-state index contributed by atoms with van der Waals surface area (Å²) in [5.74, 6) is -0.378. The van der Waals surface area contributed by atoms with Crippen molar-refractivity contribution in [1.29, 1.82) is 0 Å². The van der Waals surface area contributed by atoms with E-state index in [1.807, 2.05) is 12.2 Å². The molecule has 1 aromatic rings. The van der Waals surface area contributed by atoms with Crippen molar-refractivity contribution in [2.45, 2.75) is 6.42 Å². The average Bonchev–Trinajstić information content (AvgIpc) is 3.43. The van der Waals surface area contributed by atoms with E-state index in [0.29, 0.717) is 29.0 Å². The summed E-state index contributed by atoms with van der Waals surface area (Å²) in [6, 6.07) is 5.14. The lowest BCUT2D eigenvalue weighted by Crippen LogP contribution is -2.48. The van der Waals surface area contributed by atoms with Gasteiger partial charge >= 0.3 is 5.97 Å². The van der Waals surface area contributed by atoms with Crippen molar-refractivity contribution in [3.8, 4) is 11.5 Å². The number of hydrogen-bond donors (Lipinski definition) is 2. The van der Waals surface area contributed by atoms with Gasteiger partial charge in [0.1, 0.15) is 11.5 Å². The van der Waals surface area contributed by atoms with Crippen LogP contribution in [0.1, 0.15) is 6.42 Å². The highest BCUT2D eigenvalue weighted by atomic mass is 16.5. The summed E-state index contributed by atoms with van der Waals surface area (Å²) in [4.78, 5) is 24.8. The molecule has 1 amide bonds. The molecule has 2 bridgehead atoms. The van der Waals surface area contributed by atoms with E-state index in [1.54, 1.807) is 25.3 Å². The molecule has 0 aliphatic heterocycles. The van der Waals surface area contributed by atoms with Crippen molar-refractivity contribution in [2.75, 3.05) is 19.5 Å². The maximum atomic E-state index is 13.0. The minimum Gasteiger partial charge on any atom is -0.497 e. The number of allylic oxidation sites excluding steroid dienone is 2. The Kier molecular flexibility index (Phi) is 3.71. The van der Waals surface area contributed by atoms with Gasteiger partial charge in [-0.2, -0.15) is 0 Å². The number of aliphatic carboxylic acids is 1. The predicted molar refractivity (Wildman–Crippen MR) is 90.5 cm³/mol. The monoisotopic (exact) mass is 343 g/mol. The van der Waals surface area contributed by atoms with E-state index >= 15 is 0 Å². The third kappa shape index (κ3) is 2.47. The lowest BCUT2D eigenvalue weighted by atomic mass is 9.62. The third-order valence-electron chi connectivity index (χ3n) is 5.90. The third-order valence-corrected chi connectivity index (χ3v) is 5.90. The molecule has 0 saturated heterocycles. The molecule has 2 saturated carbocycles. The quantitative estimate of drug-likeness (QED) is 0.802. The topological polar surface area (TPSA) is 84.9 Å². The van der Waals surface area contributed by atoms with E-state index in [-0.39, 0.29) is 17.7 Å². The Morgan fingerprint density at radius 2 is 1.76 bits per heavy atom. The van der Waals surface area contributed by atoms with Gasteiger partial charge in [-0.15, -0.1) is 0 Å². The Balaban J connectivity index is 1.63. The second kappa shape index (κ2) is 5.79. The van der Waals surface area contributed by atoms with Crippen LogP contribution in [0.4, 0.5) is 5.69 Å². The van der Waals surface area contributed by atoms with Crippen molar-refractivity contribution in [3.63, 3.8) is 0 Å². The summed E-state index contributed by atoms with van der Waals surface area (Å²) in [5, 5.41) is 12.6. The number of benzene rings is 1. The largest absolute Gasteiger partial charge is 0.497 e. The second-order valence-corrected chi connectivity index (χ2v) is 7.05. The van der Waals surface area contributed by atoms with Crippen molar-refractivity contribution >= 4 is 17.6 Å². The molecule has 5 rings (SSSR count). The zero-order valence-electron chi connectivity index (χ0n) is 14.1. The number of rotatable bonds is 5. The van der Waals surface area contributed by atoms with Crippen LogP contribution in [0.2, 0.25) is 0 Å². The molecule has 0 aromatic heterocycles. The normalized spacial score (nSPS) is 34.2. The molecule has 2 fully saturated rings. The van der Waals surface area contributed by atoms with Crippen molar-refractivity contribution in [2.24, 2.45) is 35.5 Å². The minimum absolute atomic E-state index is 0.00713. The SMILES string of the molecule is COc1ccc(OC)c(NC(=O)[C@H]2[C@@H]3C=C[C@H]([C@H]4C[C@H]34)[C@@H]2C(=O)O)c1. The van der Waals surface area contributed by atoms with E-state index in [9.17, 15) is 14.7 Å². The second-order valence-electron chi connectivity index (χ2n) is 7.05. The van der Waals surface area contributed by atoms with Gasteiger partial charge in [-0.05, 0) is 42.2 Å².